The fourth-order valence-corrected chi connectivity index (χ4v) is 11.8. The number of nitrogens with one attached hydrogen (secondary N) is 2. The number of hydrogen-bond acceptors (Lipinski definition) is 11. The van der Waals surface area contributed by atoms with Crippen LogP contribution in [0.3, 0.4) is 0 Å². The van der Waals surface area contributed by atoms with Gasteiger partial charge in [0.1, 0.15) is 28.3 Å². The molecule has 1 aromatic carbocycles. The van der Waals surface area contributed by atoms with E-state index in [0.29, 0.717) is 44.0 Å². The van der Waals surface area contributed by atoms with Crippen molar-refractivity contribution in [1.29, 1.82) is 0 Å². The molecule has 2 aliphatic heterocycles. The molecule has 16 heteroatoms. The predicted octanol–water partition coefficient (Wildman–Crippen LogP) is 8.12. The molecule has 1 saturated heterocycles. The fourth-order valence-electron chi connectivity index (χ4n) is 9.56. The molecule has 2 aromatic heterocycles. The number of thiazole rings is 1. The second kappa shape index (κ2) is 17.0. The van der Waals surface area contributed by atoms with Crippen LogP contribution in [0.5, 0.6) is 6.01 Å². The minimum absolute atomic E-state index is 0.0301. The van der Waals surface area contributed by atoms with Gasteiger partial charge in [-0.3, -0.25) is 23.7 Å². The van der Waals surface area contributed by atoms with Gasteiger partial charge in [-0.1, -0.05) is 43.9 Å². The third-order valence-electron chi connectivity index (χ3n) is 13.5. The lowest BCUT2D eigenvalue weighted by atomic mass is 9.91. The third-order valence-corrected chi connectivity index (χ3v) is 16.6. The molecule has 0 unspecified atom stereocenters. The molecule has 0 spiro atoms. The van der Waals surface area contributed by atoms with Crippen LogP contribution in [-0.4, -0.2) is 86.6 Å². The highest BCUT2D eigenvalue weighted by Crippen LogP contribution is 2.57. The molecule has 5 atom stereocenters. The van der Waals surface area contributed by atoms with Gasteiger partial charge in [0.2, 0.25) is 21.8 Å². The number of sulfonamides is 1. The number of alkyl carbamates (subject to hydrolysis) is 1. The zero-order valence-electron chi connectivity index (χ0n) is 36.9. The SMILES string of the molecule is CC(C)n1c(O[C@@H]2C[C@H]3C(=O)C[C@]4(C(=O)NS(=O)(=O)C5(C)CC5)C[C@H]4/C=C\CCCCC[C@H](NC(=O)OC(C)(C)C)C(=O)N3C2)nc2c(-c3nc(C4CCCC4)cs3)cccc21. The van der Waals surface area contributed by atoms with Crippen LogP contribution in [0.15, 0.2) is 35.7 Å². The van der Waals surface area contributed by atoms with Gasteiger partial charge in [0, 0.05) is 35.7 Å². The molecule has 5 aliphatic rings. The van der Waals surface area contributed by atoms with E-state index in [1.54, 1.807) is 39.0 Å². The van der Waals surface area contributed by atoms with Crippen molar-refractivity contribution in [2.24, 2.45) is 11.3 Å². The van der Waals surface area contributed by atoms with Crippen LogP contribution in [0.4, 0.5) is 4.79 Å². The van der Waals surface area contributed by atoms with Crippen molar-refractivity contribution in [3.63, 3.8) is 0 Å². The molecule has 3 aliphatic carbocycles. The van der Waals surface area contributed by atoms with Gasteiger partial charge in [-0.05, 0) is 111 Å². The number of imidazole rings is 1. The van der Waals surface area contributed by atoms with Crippen molar-refractivity contribution in [3.8, 4) is 16.6 Å². The molecule has 14 nitrogen and oxygen atoms in total. The lowest BCUT2D eigenvalue weighted by molar-refractivity contribution is -0.140. The summed E-state index contributed by atoms with van der Waals surface area (Å²) in [6.45, 7) is 11.0. The van der Waals surface area contributed by atoms with Crippen LogP contribution in [0.2, 0.25) is 0 Å². The highest BCUT2D eigenvalue weighted by molar-refractivity contribution is 7.91. The Morgan fingerprint density at radius 1 is 1.02 bits per heavy atom. The number of benzene rings is 1. The molecule has 0 bridgehead atoms. The van der Waals surface area contributed by atoms with Crippen LogP contribution < -0.4 is 14.8 Å². The largest absolute Gasteiger partial charge is 0.459 e. The number of nitrogens with zero attached hydrogens (tertiary/aromatic N) is 4. The Bertz CT molecular complexity index is 2350. The summed E-state index contributed by atoms with van der Waals surface area (Å²) in [5.41, 5.74) is 1.60. The predicted molar refractivity (Wildman–Crippen MR) is 237 cm³/mol. The molecule has 4 fully saturated rings. The average molecular weight is 891 g/mol. The van der Waals surface area contributed by atoms with Crippen LogP contribution in [0.1, 0.15) is 149 Å². The van der Waals surface area contributed by atoms with E-state index >= 15 is 0 Å². The minimum atomic E-state index is -3.96. The van der Waals surface area contributed by atoms with Crippen LogP contribution in [0, 0.1) is 11.3 Å². The quantitative estimate of drug-likeness (QED) is 0.199. The van der Waals surface area contributed by atoms with Crippen molar-refractivity contribution >= 4 is 56.1 Å². The standard InChI is InChI=1S/C46H62N6O8S2/c1-28(2)52-35-20-14-18-32(39-47-34(27-61-39)29-15-12-13-16-29)38(35)49-42(52)59-31-23-36-37(53)25-46(41(55)50-62(57,58)45(6)21-22-45)24-30(46)17-10-8-7-9-11-19-33(40(54)51(36)26-31)48-43(56)60-44(3,4)5/h10,14,17-18,20,27-31,33,36H,7-9,11-13,15-16,19,21-26H2,1-6H3,(H,48,56)(H,50,55)/b17-10-/t30-,31-,33+,36+,46-/m1/s1. The Kier molecular flexibility index (Phi) is 12.1. The van der Waals surface area contributed by atoms with Crippen LogP contribution in [-0.2, 0) is 29.1 Å². The smallest absolute Gasteiger partial charge is 0.408 e. The molecule has 62 heavy (non-hydrogen) atoms. The Labute approximate surface area is 369 Å². The molecule has 3 saturated carbocycles. The van der Waals surface area contributed by atoms with E-state index in [9.17, 15) is 27.6 Å². The Morgan fingerprint density at radius 2 is 1.76 bits per heavy atom. The van der Waals surface area contributed by atoms with Crippen LogP contribution in [0.25, 0.3) is 21.6 Å². The second-order valence-electron chi connectivity index (χ2n) is 19.8. The van der Waals surface area contributed by atoms with E-state index in [2.05, 4.69) is 29.3 Å². The molecule has 3 amide bonds. The Hall–Kier alpha value is -4.31. The van der Waals surface area contributed by atoms with E-state index in [1.807, 2.05) is 34.9 Å². The van der Waals surface area contributed by atoms with Crippen LogP contribution >= 0.6 is 11.3 Å². The van der Waals surface area contributed by atoms with Gasteiger partial charge >= 0.3 is 6.09 Å². The first-order chi connectivity index (χ1) is 29.4. The fraction of sp³-hybridized carbons (Fsp3) is 0.652. The average Bonchev–Trinajstić information content (AvgIpc) is 3.69. The minimum Gasteiger partial charge on any atom is -0.459 e. The molecule has 2 N–H and O–H groups in total. The number of amides is 3. The highest BCUT2D eigenvalue weighted by atomic mass is 32.2. The number of fused-ring (bicyclic) bond motifs is 3. The molecule has 4 heterocycles. The van der Waals surface area contributed by atoms with E-state index in [1.165, 1.54) is 17.7 Å². The number of Topliss-reactive ketones (excluding diaryl/α,β-unsaturated/α-hetero) is 1. The van der Waals surface area contributed by atoms with Gasteiger partial charge in [0.05, 0.1) is 34.0 Å². The number of carbonyl (C=O) groups is 4. The Morgan fingerprint density at radius 3 is 2.47 bits per heavy atom. The van der Waals surface area contributed by atoms with Gasteiger partial charge in [-0.15, -0.1) is 11.3 Å². The van der Waals surface area contributed by atoms with Crippen molar-refractivity contribution in [3.05, 3.63) is 41.4 Å². The van der Waals surface area contributed by atoms with Gasteiger partial charge < -0.3 is 19.7 Å². The molecular weight excluding hydrogens is 829 g/mol. The maximum Gasteiger partial charge on any atom is 0.408 e. The normalized spacial score (nSPS) is 27.6. The first kappa shape index (κ1) is 44.3. The Balaban J connectivity index is 1.11. The van der Waals surface area contributed by atoms with Gasteiger partial charge in [-0.2, -0.15) is 4.98 Å². The maximum absolute atomic E-state index is 14.8. The molecule has 0 radical (unpaired) electrons. The van der Waals surface area contributed by atoms with Crippen molar-refractivity contribution in [2.75, 3.05) is 6.54 Å². The number of ketones is 1. The number of para-hydroxylation sites is 1. The highest BCUT2D eigenvalue weighted by Gasteiger charge is 2.62. The number of aromatic nitrogens is 3. The number of rotatable bonds is 9. The third kappa shape index (κ3) is 9.05. The summed E-state index contributed by atoms with van der Waals surface area (Å²) < 4.78 is 42.3. The number of hydrogen-bond donors (Lipinski definition) is 2. The van der Waals surface area contributed by atoms with E-state index in [-0.39, 0.29) is 37.1 Å². The number of carbonyl (C=O) groups excluding carboxylic acids is 4. The first-order valence-corrected chi connectivity index (χ1v) is 24.9. The van der Waals surface area contributed by atoms with Gasteiger partial charge in [0.25, 0.3) is 6.01 Å². The summed E-state index contributed by atoms with van der Waals surface area (Å²) >= 11 is 1.62. The first-order valence-electron chi connectivity index (χ1n) is 22.6. The van der Waals surface area contributed by atoms with Crippen molar-refractivity contribution in [1.82, 2.24) is 29.5 Å². The van der Waals surface area contributed by atoms with Crippen molar-refractivity contribution in [2.45, 2.75) is 172 Å². The summed E-state index contributed by atoms with van der Waals surface area (Å²) in [5, 5.41) is 5.87. The summed E-state index contributed by atoms with van der Waals surface area (Å²) in [4.78, 5) is 68.5. The molecule has 336 valence electrons. The molecule has 3 aromatic rings. The lowest BCUT2D eigenvalue weighted by Crippen LogP contribution is -2.53. The zero-order valence-corrected chi connectivity index (χ0v) is 38.5. The van der Waals surface area contributed by atoms with Gasteiger partial charge in [0.15, 0.2) is 5.78 Å². The lowest BCUT2D eigenvalue weighted by Gasteiger charge is -2.30. The van der Waals surface area contributed by atoms with E-state index < -0.39 is 61.9 Å². The topological polar surface area (TPSA) is 179 Å². The monoisotopic (exact) mass is 890 g/mol. The summed E-state index contributed by atoms with van der Waals surface area (Å²) in [6.07, 6.45) is 11.7. The summed E-state index contributed by atoms with van der Waals surface area (Å²) in [7, 11) is -3.96. The summed E-state index contributed by atoms with van der Waals surface area (Å²) in [5.74, 6) is -1.33. The van der Waals surface area contributed by atoms with Crippen molar-refractivity contribution < 1.29 is 37.1 Å². The number of ether oxygens (including phenoxy) is 2. The summed E-state index contributed by atoms with van der Waals surface area (Å²) in [6, 6.07) is 4.36. The molecule has 8 rings (SSSR count). The zero-order chi connectivity index (χ0) is 44.2. The number of allylic oxidation sites excluding steroid dienone is 2. The van der Waals surface area contributed by atoms with E-state index in [0.717, 1.165) is 59.4 Å². The maximum atomic E-state index is 14.8. The van der Waals surface area contributed by atoms with Gasteiger partial charge in [-0.25, -0.2) is 18.2 Å². The molecular formula is C46H62N6O8S2. The van der Waals surface area contributed by atoms with E-state index in [4.69, 9.17) is 19.4 Å². The second-order valence-corrected chi connectivity index (χ2v) is 22.9.